The lowest BCUT2D eigenvalue weighted by atomic mass is 10.3. The first-order valence-electron chi connectivity index (χ1n) is 7.01. The molecule has 0 saturated heterocycles. The maximum atomic E-state index is 8.69. The number of hydrogen-bond acceptors (Lipinski definition) is 6. The van der Waals surface area contributed by atoms with Crippen molar-refractivity contribution in [1.29, 1.82) is 0 Å². The molecule has 0 spiro atoms. The zero-order chi connectivity index (χ0) is 15.6. The maximum absolute atomic E-state index is 8.69. The Morgan fingerprint density at radius 1 is 0.636 bits per heavy atom. The first-order chi connectivity index (χ1) is 10.8. The molecule has 0 aromatic heterocycles. The number of rotatable bonds is 9. The number of nitrogens with one attached hydrogen (secondary N) is 2. The third-order valence-corrected chi connectivity index (χ3v) is 2.78. The minimum absolute atomic E-state index is 0.000425. The molecule has 6 nitrogen and oxygen atoms in total. The largest absolute Gasteiger partial charge is 0.491 e. The van der Waals surface area contributed by atoms with Crippen LogP contribution in [0.1, 0.15) is 0 Å². The normalized spacial score (nSPS) is 10.1. The van der Waals surface area contributed by atoms with E-state index >= 15 is 0 Å². The number of hydrogen-bond donors (Lipinski definition) is 4. The van der Waals surface area contributed by atoms with Crippen LogP contribution in [0.2, 0.25) is 0 Å². The van der Waals surface area contributed by atoms with E-state index in [4.69, 9.17) is 19.7 Å². The number of hydrazine groups is 1. The Hall–Kier alpha value is -2.44. The van der Waals surface area contributed by atoms with Gasteiger partial charge in [0.2, 0.25) is 0 Å². The average Bonchev–Trinajstić information content (AvgIpc) is 2.58. The highest BCUT2D eigenvalue weighted by Gasteiger charge is 1.97. The van der Waals surface area contributed by atoms with E-state index in [1.807, 2.05) is 48.5 Å². The molecule has 0 bridgehead atoms. The molecule has 4 N–H and O–H groups in total. The van der Waals surface area contributed by atoms with Gasteiger partial charge in [0.05, 0.1) is 24.6 Å². The Morgan fingerprint density at radius 2 is 1.00 bits per heavy atom. The SMILES string of the molecule is OCCOc1ccc(NNc2ccc(OCCO)cc2)cc1. The van der Waals surface area contributed by atoms with Gasteiger partial charge in [0.1, 0.15) is 24.7 Å². The van der Waals surface area contributed by atoms with Crippen LogP contribution in [0.3, 0.4) is 0 Å². The van der Waals surface area contributed by atoms with Gasteiger partial charge in [-0.1, -0.05) is 0 Å². The maximum Gasteiger partial charge on any atom is 0.119 e. The number of ether oxygens (including phenoxy) is 2. The Morgan fingerprint density at radius 3 is 1.32 bits per heavy atom. The van der Waals surface area contributed by atoms with Crippen LogP contribution in [0, 0.1) is 0 Å². The topological polar surface area (TPSA) is 83.0 Å². The average molecular weight is 304 g/mol. The molecule has 0 fully saturated rings. The summed E-state index contributed by atoms with van der Waals surface area (Å²) in [6.07, 6.45) is 0. The van der Waals surface area contributed by atoms with E-state index in [0.29, 0.717) is 11.5 Å². The van der Waals surface area contributed by atoms with Crippen molar-refractivity contribution in [2.24, 2.45) is 0 Å². The fourth-order valence-electron chi connectivity index (χ4n) is 1.74. The minimum Gasteiger partial charge on any atom is -0.491 e. The van der Waals surface area contributed by atoms with Gasteiger partial charge in [0.25, 0.3) is 0 Å². The summed E-state index contributed by atoms with van der Waals surface area (Å²) < 4.78 is 10.6. The van der Waals surface area contributed by atoms with E-state index in [1.165, 1.54) is 0 Å². The molecule has 0 aliphatic heterocycles. The smallest absolute Gasteiger partial charge is 0.119 e. The summed E-state index contributed by atoms with van der Waals surface area (Å²) in [7, 11) is 0. The van der Waals surface area contributed by atoms with Crippen LogP contribution in [-0.2, 0) is 0 Å². The molecule has 6 heteroatoms. The molecule has 2 aromatic rings. The second-order valence-electron chi connectivity index (χ2n) is 4.44. The van der Waals surface area contributed by atoms with Crippen molar-refractivity contribution in [3.8, 4) is 11.5 Å². The van der Waals surface area contributed by atoms with Crippen molar-refractivity contribution in [3.63, 3.8) is 0 Å². The van der Waals surface area contributed by atoms with Crippen molar-refractivity contribution in [3.05, 3.63) is 48.5 Å². The van der Waals surface area contributed by atoms with Crippen LogP contribution in [0.4, 0.5) is 11.4 Å². The van der Waals surface area contributed by atoms with E-state index in [9.17, 15) is 0 Å². The second kappa shape index (κ2) is 8.76. The summed E-state index contributed by atoms with van der Waals surface area (Å²) >= 11 is 0. The third kappa shape index (κ3) is 5.16. The molecule has 0 atom stereocenters. The standard InChI is InChI=1S/C16H20N2O4/c19-9-11-21-15-5-1-13(2-6-15)17-18-14-3-7-16(8-4-14)22-12-10-20/h1-8,17-20H,9-12H2. The summed E-state index contributed by atoms with van der Waals surface area (Å²) in [6.45, 7) is 0.574. The fraction of sp³-hybridized carbons (Fsp3) is 0.250. The number of benzene rings is 2. The first kappa shape index (κ1) is 15.9. The van der Waals surface area contributed by atoms with E-state index in [2.05, 4.69) is 10.9 Å². The van der Waals surface area contributed by atoms with E-state index in [0.717, 1.165) is 11.4 Å². The molecule has 118 valence electrons. The lowest BCUT2D eigenvalue weighted by Gasteiger charge is -2.11. The lowest BCUT2D eigenvalue weighted by Crippen LogP contribution is -2.08. The van der Waals surface area contributed by atoms with Crippen LogP contribution >= 0.6 is 0 Å². The van der Waals surface area contributed by atoms with Crippen molar-refractivity contribution < 1.29 is 19.7 Å². The van der Waals surface area contributed by atoms with E-state index in [-0.39, 0.29) is 26.4 Å². The highest BCUT2D eigenvalue weighted by molar-refractivity contribution is 5.54. The molecule has 0 heterocycles. The Labute approximate surface area is 129 Å². The zero-order valence-corrected chi connectivity index (χ0v) is 12.2. The second-order valence-corrected chi connectivity index (χ2v) is 4.44. The van der Waals surface area contributed by atoms with Crippen molar-refractivity contribution in [2.75, 3.05) is 37.3 Å². The predicted molar refractivity (Wildman–Crippen MR) is 85.3 cm³/mol. The highest BCUT2D eigenvalue weighted by Crippen LogP contribution is 2.18. The summed E-state index contributed by atoms with van der Waals surface area (Å²) in [4.78, 5) is 0. The number of anilines is 2. The monoisotopic (exact) mass is 304 g/mol. The van der Waals surface area contributed by atoms with Crippen LogP contribution in [-0.4, -0.2) is 36.6 Å². The van der Waals surface area contributed by atoms with Crippen molar-refractivity contribution in [1.82, 2.24) is 0 Å². The van der Waals surface area contributed by atoms with Gasteiger partial charge in [0.15, 0.2) is 0 Å². The summed E-state index contributed by atoms with van der Waals surface area (Å²) in [5, 5.41) is 17.4. The van der Waals surface area contributed by atoms with Gasteiger partial charge in [-0.25, -0.2) is 0 Å². The van der Waals surface area contributed by atoms with E-state index < -0.39 is 0 Å². The van der Waals surface area contributed by atoms with Crippen LogP contribution in [0.15, 0.2) is 48.5 Å². The Kier molecular flexibility index (Phi) is 6.35. The molecular weight excluding hydrogens is 284 g/mol. The summed E-state index contributed by atoms with van der Waals surface area (Å²) in [5.41, 5.74) is 7.91. The molecule has 0 saturated carbocycles. The molecule has 2 rings (SSSR count). The molecular formula is C16H20N2O4. The predicted octanol–water partition coefficient (Wildman–Crippen LogP) is 1.87. The molecule has 0 aliphatic carbocycles. The van der Waals surface area contributed by atoms with Gasteiger partial charge in [0, 0.05) is 0 Å². The van der Waals surface area contributed by atoms with Gasteiger partial charge in [-0.05, 0) is 48.5 Å². The van der Waals surface area contributed by atoms with Crippen molar-refractivity contribution in [2.45, 2.75) is 0 Å². The summed E-state index contributed by atoms with van der Waals surface area (Å²) in [6, 6.07) is 14.8. The zero-order valence-electron chi connectivity index (χ0n) is 12.2. The third-order valence-electron chi connectivity index (χ3n) is 2.78. The molecule has 2 aromatic carbocycles. The Balaban J connectivity index is 1.81. The van der Waals surface area contributed by atoms with Gasteiger partial charge in [-0.15, -0.1) is 0 Å². The quantitative estimate of drug-likeness (QED) is 0.529. The van der Waals surface area contributed by atoms with Crippen LogP contribution in [0.5, 0.6) is 11.5 Å². The highest BCUT2D eigenvalue weighted by atomic mass is 16.5. The van der Waals surface area contributed by atoms with Crippen LogP contribution in [0.25, 0.3) is 0 Å². The van der Waals surface area contributed by atoms with E-state index in [1.54, 1.807) is 0 Å². The fourth-order valence-corrected chi connectivity index (χ4v) is 1.74. The molecule has 22 heavy (non-hydrogen) atoms. The number of aliphatic hydroxyl groups excluding tert-OH is 2. The van der Waals surface area contributed by atoms with Gasteiger partial charge >= 0.3 is 0 Å². The molecule has 0 unspecified atom stereocenters. The van der Waals surface area contributed by atoms with Crippen LogP contribution < -0.4 is 20.3 Å². The lowest BCUT2D eigenvalue weighted by molar-refractivity contribution is 0.201. The minimum atomic E-state index is -0.000425. The Bertz CT molecular complexity index is 492. The molecule has 0 amide bonds. The van der Waals surface area contributed by atoms with Crippen molar-refractivity contribution >= 4 is 11.4 Å². The molecule has 0 aliphatic rings. The van der Waals surface area contributed by atoms with Gasteiger partial charge in [-0.3, -0.25) is 0 Å². The number of aliphatic hydroxyl groups is 2. The first-order valence-corrected chi connectivity index (χ1v) is 7.01. The van der Waals surface area contributed by atoms with Gasteiger partial charge < -0.3 is 30.5 Å². The summed E-state index contributed by atoms with van der Waals surface area (Å²) in [5.74, 6) is 1.43. The van der Waals surface area contributed by atoms with Gasteiger partial charge in [-0.2, -0.15) is 0 Å². The molecule has 0 radical (unpaired) electrons.